The first-order valence-electron chi connectivity index (χ1n) is 2.28. The molecule has 0 radical (unpaired) electrons. The van der Waals surface area contributed by atoms with Gasteiger partial charge < -0.3 is 0 Å². The first-order valence-corrected chi connectivity index (χ1v) is 4.12. The van der Waals surface area contributed by atoms with Crippen molar-refractivity contribution in [3.8, 4) is 0 Å². The molecule has 0 aliphatic carbocycles. The van der Waals surface area contributed by atoms with E-state index >= 15 is 0 Å². The summed E-state index contributed by atoms with van der Waals surface area (Å²) in [6.07, 6.45) is 0. The topological polar surface area (TPSA) is 63.3 Å². The zero-order valence-electron chi connectivity index (χ0n) is 4.50. The van der Waals surface area contributed by atoms with Gasteiger partial charge in [0.15, 0.2) is 0 Å². The molecule has 3 nitrogen and oxygen atoms in total. The molecule has 4 heteroatoms. The van der Waals surface area contributed by atoms with Gasteiger partial charge in [0.2, 0.25) is 0 Å². The molecule has 0 saturated carbocycles. The number of nitrogen functional groups attached to an aromatic ring is 1. The van der Waals surface area contributed by atoms with E-state index in [0.29, 0.717) is 10.1 Å². The van der Waals surface area contributed by atoms with Crippen molar-refractivity contribution >= 4 is 26.2 Å². The van der Waals surface area contributed by atoms with Crippen LogP contribution >= 0.6 is 0 Å². The molecule has 0 unspecified atom stereocenters. The van der Waals surface area contributed by atoms with E-state index in [2.05, 4.69) is 0 Å². The third kappa shape index (κ3) is 1.15. The number of hydrogen-bond donors (Lipinski definition) is 2. The summed E-state index contributed by atoms with van der Waals surface area (Å²) in [7, 11) is 0. The van der Waals surface area contributed by atoms with E-state index in [0.717, 1.165) is 0 Å². The van der Waals surface area contributed by atoms with Crippen LogP contribution in [-0.2, 0) is 0 Å². The van der Waals surface area contributed by atoms with Gasteiger partial charge >= 0.3 is 57.2 Å². The Kier molecular flexibility index (Phi) is 1.60. The van der Waals surface area contributed by atoms with Gasteiger partial charge in [0.25, 0.3) is 0 Å². The Morgan fingerprint density at radius 3 is 2.67 bits per heavy atom. The number of carbonyl (C=O) groups is 1. The number of nitrogens with two attached hydrogens (primary N) is 1. The molecule has 1 heterocycles. The average molecular weight is 190 g/mol. The van der Waals surface area contributed by atoms with Crippen molar-refractivity contribution in [1.29, 1.82) is 0 Å². The zero-order chi connectivity index (χ0) is 6.85. The number of carboxylic acid groups (broad SMARTS) is 1. The van der Waals surface area contributed by atoms with Gasteiger partial charge in [0.05, 0.1) is 0 Å². The maximum absolute atomic E-state index is 10.2. The van der Waals surface area contributed by atoms with Crippen LogP contribution in [0, 0.1) is 0 Å². The first kappa shape index (κ1) is 6.39. The fourth-order valence-corrected chi connectivity index (χ4v) is 1.87. The minimum atomic E-state index is -0.891. The maximum atomic E-state index is 10.2. The second-order valence-electron chi connectivity index (χ2n) is 1.51. The molecule has 0 amide bonds. The van der Waals surface area contributed by atoms with Crippen molar-refractivity contribution < 1.29 is 9.90 Å². The Labute approximate surface area is 57.8 Å². The monoisotopic (exact) mass is 191 g/mol. The van der Waals surface area contributed by atoms with Crippen LogP contribution in [0.3, 0.4) is 0 Å². The van der Waals surface area contributed by atoms with E-state index in [1.807, 2.05) is 0 Å². The number of anilines is 1. The van der Waals surface area contributed by atoms with Gasteiger partial charge in [-0.25, -0.2) is 0 Å². The first-order chi connectivity index (χ1) is 4.22. The van der Waals surface area contributed by atoms with Crippen LogP contribution in [-0.4, -0.2) is 25.6 Å². The Hall–Kier alpha value is -0.731. The van der Waals surface area contributed by atoms with Gasteiger partial charge in [-0.2, -0.15) is 0 Å². The van der Waals surface area contributed by atoms with E-state index < -0.39 is 5.97 Å². The second-order valence-corrected chi connectivity index (χ2v) is 3.43. The molecule has 0 spiro atoms. The summed E-state index contributed by atoms with van der Waals surface area (Å²) >= 11 is -0.0457. The Morgan fingerprint density at radius 1 is 1.78 bits per heavy atom. The number of carboxylic acids is 1. The van der Waals surface area contributed by atoms with Crippen molar-refractivity contribution in [3.63, 3.8) is 0 Å². The Morgan fingerprint density at radius 2 is 2.44 bits per heavy atom. The zero-order valence-corrected chi connectivity index (χ0v) is 6.21. The number of aromatic carboxylic acids is 1. The fourth-order valence-electron chi connectivity index (χ4n) is 0.493. The molecule has 0 saturated heterocycles. The van der Waals surface area contributed by atoms with Crippen molar-refractivity contribution in [2.24, 2.45) is 0 Å². The molecule has 1 aromatic rings. The van der Waals surface area contributed by atoms with Gasteiger partial charge in [-0.1, -0.05) is 0 Å². The molecule has 0 bridgehead atoms. The van der Waals surface area contributed by atoms with Crippen LogP contribution < -0.4 is 5.73 Å². The molecule has 0 fully saturated rings. The van der Waals surface area contributed by atoms with Crippen LogP contribution in [0.4, 0.5) is 5.69 Å². The Balaban J connectivity index is 3.08. The summed E-state index contributed by atoms with van der Waals surface area (Å²) in [6, 6.07) is 1.64. The normalized spacial score (nSPS) is 9.33. The summed E-state index contributed by atoms with van der Waals surface area (Å²) in [5.41, 5.74) is 5.71. The van der Waals surface area contributed by atoms with Crippen LogP contribution in [0.1, 0.15) is 9.23 Å². The van der Waals surface area contributed by atoms with Gasteiger partial charge in [-0.05, 0) is 0 Å². The molecular weight excluding hydrogens is 185 g/mol. The molecule has 0 aliphatic heterocycles. The molecule has 0 aliphatic rings. The number of hydrogen-bond acceptors (Lipinski definition) is 2. The third-order valence-electron chi connectivity index (χ3n) is 0.890. The third-order valence-corrected chi connectivity index (χ3v) is 2.82. The van der Waals surface area contributed by atoms with E-state index in [1.165, 1.54) is 0 Å². The van der Waals surface area contributed by atoms with E-state index in [1.54, 1.807) is 11.0 Å². The molecule has 9 heavy (non-hydrogen) atoms. The average Bonchev–Trinajstić information content (AvgIpc) is 2.13. The van der Waals surface area contributed by atoms with Gasteiger partial charge in [0, 0.05) is 0 Å². The molecule has 0 atom stereocenters. The van der Waals surface area contributed by atoms with Crippen LogP contribution in [0.25, 0.3) is 0 Å². The second kappa shape index (κ2) is 2.25. The molecule has 3 N–H and O–H groups in total. The predicted octanol–water partition coefficient (Wildman–Crippen LogP) is 0.0240. The Bertz CT molecular complexity index is 231. The SMILES string of the molecule is Nc1cc[se]c1C(=O)O. The van der Waals surface area contributed by atoms with Crippen LogP contribution in [0.15, 0.2) is 11.0 Å². The van der Waals surface area contributed by atoms with Gasteiger partial charge in [0.1, 0.15) is 0 Å². The van der Waals surface area contributed by atoms with Crippen LogP contribution in [0.2, 0.25) is 0 Å². The predicted molar refractivity (Wildman–Crippen MR) is 34.8 cm³/mol. The molecule has 1 aromatic heterocycles. The molecule has 0 aromatic carbocycles. The van der Waals surface area contributed by atoms with Crippen LogP contribution in [0.5, 0.6) is 0 Å². The summed E-state index contributed by atoms with van der Waals surface area (Å²) in [5, 5.41) is 8.42. The summed E-state index contributed by atoms with van der Waals surface area (Å²) in [6.45, 7) is 0. The minimum absolute atomic E-state index is 0.0457. The molecule has 48 valence electrons. The summed E-state index contributed by atoms with van der Waals surface area (Å²) in [4.78, 5) is 12.0. The van der Waals surface area contributed by atoms with Gasteiger partial charge in [-0.3, -0.25) is 0 Å². The summed E-state index contributed by atoms with van der Waals surface area (Å²) in [5.74, 6) is -0.891. The van der Waals surface area contributed by atoms with E-state index in [4.69, 9.17) is 10.8 Å². The quantitative estimate of drug-likeness (QED) is 0.613. The van der Waals surface area contributed by atoms with Crippen molar-refractivity contribution in [1.82, 2.24) is 0 Å². The van der Waals surface area contributed by atoms with Crippen molar-refractivity contribution in [2.75, 3.05) is 5.73 Å². The fraction of sp³-hybridized carbons (Fsp3) is 0. The standard InChI is InChI=1S/C5H5NO2Se/c6-3-1-2-9-4(3)5(7)8/h1-2H,6H2,(H,7,8). The molecule has 1 rings (SSSR count). The summed E-state index contributed by atoms with van der Waals surface area (Å²) < 4.78 is 0.363. The number of rotatable bonds is 1. The van der Waals surface area contributed by atoms with E-state index in [-0.39, 0.29) is 14.5 Å². The molecular formula is C5H5NO2Se. The van der Waals surface area contributed by atoms with Crippen molar-refractivity contribution in [2.45, 2.75) is 0 Å². The van der Waals surface area contributed by atoms with Crippen molar-refractivity contribution in [3.05, 3.63) is 15.4 Å². The van der Waals surface area contributed by atoms with E-state index in [9.17, 15) is 4.79 Å². The van der Waals surface area contributed by atoms with Gasteiger partial charge in [-0.15, -0.1) is 0 Å².